The largest absolute Gasteiger partial charge is 0.320 e. The number of nitrogens with zero attached hydrogens (tertiary/aromatic N) is 1. The van der Waals surface area contributed by atoms with Crippen LogP contribution in [0.4, 0.5) is 0 Å². The zero-order valence-corrected chi connectivity index (χ0v) is 31.2. The topological polar surface area (TPSA) is 15.3 Å². The van der Waals surface area contributed by atoms with E-state index in [-0.39, 0.29) is 0 Å². The highest BCUT2D eigenvalue weighted by Gasteiger charge is 2.12. The lowest BCUT2D eigenvalue weighted by atomic mass is 9.87. The van der Waals surface area contributed by atoms with E-state index in [1.807, 2.05) is 0 Å². The van der Waals surface area contributed by atoms with Crippen molar-refractivity contribution in [2.24, 2.45) is 11.8 Å². The maximum atomic E-state index is 4.58. The zero-order valence-electron chi connectivity index (χ0n) is 31.2. The molecule has 2 heteroatoms. The zero-order chi connectivity index (χ0) is 32.4. The van der Waals surface area contributed by atoms with E-state index in [2.05, 4.69) is 57.3 Å². The van der Waals surface area contributed by atoms with Crippen LogP contribution in [0.15, 0.2) is 24.8 Å². The Labute approximate surface area is 280 Å². The number of hydrogen-bond donors (Lipinski definition) is 1. The molecule has 0 rings (SSSR count). The second-order valence-corrected chi connectivity index (χ2v) is 14.6. The van der Waals surface area contributed by atoms with E-state index < -0.39 is 0 Å². The first kappa shape index (κ1) is 43.4. The van der Waals surface area contributed by atoms with E-state index in [9.17, 15) is 0 Å². The molecule has 0 aliphatic rings. The van der Waals surface area contributed by atoms with Gasteiger partial charge in [-0.2, -0.15) is 0 Å². The fourth-order valence-corrected chi connectivity index (χ4v) is 6.95. The highest BCUT2D eigenvalue weighted by atomic mass is 15.1. The number of nitrogens with one attached hydrogen (secondary N) is 1. The van der Waals surface area contributed by atoms with E-state index in [4.69, 9.17) is 0 Å². The van der Waals surface area contributed by atoms with Gasteiger partial charge in [-0.25, -0.2) is 0 Å². The van der Waals surface area contributed by atoms with Crippen LogP contribution in [0.3, 0.4) is 0 Å². The normalized spacial score (nSPS) is 12.4. The first-order valence-electron chi connectivity index (χ1n) is 20.2. The Morgan fingerprint density at radius 2 is 1.14 bits per heavy atom. The predicted octanol–water partition coefficient (Wildman–Crippen LogP) is 13.5. The average molecular weight is 617 g/mol. The van der Waals surface area contributed by atoms with Gasteiger partial charge in [0, 0.05) is 6.54 Å². The quantitative estimate of drug-likeness (QED) is 0.0552. The molecule has 0 saturated heterocycles. The van der Waals surface area contributed by atoms with Crippen LogP contribution in [0.25, 0.3) is 0 Å². The van der Waals surface area contributed by atoms with Crippen LogP contribution in [0.2, 0.25) is 0 Å². The van der Waals surface area contributed by atoms with Crippen LogP contribution in [0, 0.1) is 11.8 Å². The summed E-state index contributed by atoms with van der Waals surface area (Å²) in [6.45, 7) is 20.6. The van der Waals surface area contributed by atoms with Crippen molar-refractivity contribution in [3.8, 4) is 0 Å². The molecular formula is C42H84N2. The predicted molar refractivity (Wildman–Crippen MR) is 203 cm³/mol. The van der Waals surface area contributed by atoms with Crippen molar-refractivity contribution in [3.05, 3.63) is 24.8 Å². The summed E-state index contributed by atoms with van der Waals surface area (Å²) in [4.78, 5) is 2.80. The van der Waals surface area contributed by atoms with Gasteiger partial charge in [0.1, 0.15) is 0 Å². The highest BCUT2D eigenvalue weighted by molar-refractivity contribution is 4.95. The van der Waals surface area contributed by atoms with Crippen LogP contribution >= 0.6 is 0 Å². The number of hydrogen-bond acceptors (Lipinski definition) is 2. The number of allylic oxidation sites excluding steroid dienone is 2. The SMILES string of the molecule is C=CCCCCCN(CCCCCCCC(=C)CC(CCCCCCCC)CCCCCCCC)CC(C)CCCCNC. The molecule has 1 N–H and O–H groups in total. The summed E-state index contributed by atoms with van der Waals surface area (Å²) in [6, 6.07) is 0. The van der Waals surface area contributed by atoms with Crippen LogP contribution in [-0.4, -0.2) is 38.1 Å². The molecule has 0 aromatic rings. The highest BCUT2D eigenvalue weighted by Crippen LogP contribution is 2.27. The summed E-state index contributed by atoms with van der Waals surface area (Å²) in [5.74, 6) is 1.71. The molecule has 1 unspecified atom stereocenters. The summed E-state index contributed by atoms with van der Waals surface area (Å²) in [5, 5.41) is 3.30. The van der Waals surface area contributed by atoms with Crippen LogP contribution in [-0.2, 0) is 0 Å². The lowest BCUT2D eigenvalue weighted by Crippen LogP contribution is -2.31. The maximum Gasteiger partial charge on any atom is 0.000702 e. The van der Waals surface area contributed by atoms with Gasteiger partial charge in [-0.1, -0.05) is 161 Å². The fourth-order valence-electron chi connectivity index (χ4n) is 6.95. The molecule has 0 aromatic heterocycles. The summed E-state index contributed by atoms with van der Waals surface area (Å²) in [5.41, 5.74) is 1.55. The van der Waals surface area contributed by atoms with Gasteiger partial charge in [-0.15, -0.1) is 6.58 Å². The summed E-state index contributed by atoms with van der Waals surface area (Å²) >= 11 is 0. The molecule has 0 amide bonds. The van der Waals surface area contributed by atoms with Gasteiger partial charge in [0.2, 0.25) is 0 Å². The minimum atomic E-state index is 0.817. The van der Waals surface area contributed by atoms with Crippen LogP contribution < -0.4 is 5.32 Å². The van der Waals surface area contributed by atoms with Gasteiger partial charge in [0.05, 0.1) is 0 Å². The molecule has 0 spiro atoms. The van der Waals surface area contributed by atoms with Gasteiger partial charge >= 0.3 is 0 Å². The molecule has 262 valence electrons. The molecule has 0 heterocycles. The molecule has 0 saturated carbocycles. The first-order valence-corrected chi connectivity index (χ1v) is 20.2. The van der Waals surface area contributed by atoms with Crippen molar-refractivity contribution in [3.63, 3.8) is 0 Å². The van der Waals surface area contributed by atoms with E-state index in [0.29, 0.717) is 0 Å². The fraction of sp³-hybridized carbons (Fsp3) is 0.905. The van der Waals surface area contributed by atoms with Gasteiger partial charge < -0.3 is 10.2 Å². The third-order valence-electron chi connectivity index (χ3n) is 9.84. The molecule has 0 aromatic carbocycles. The molecular weight excluding hydrogens is 532 g/mol. The second kappa shape index (κ2) is 35.3. The molecule has 2 nitrogen and oxygen atoms in total. The molecule has 44 heavy (non-hydrogen) atoms. The summed E-state index contributed by atoms with van der Waals surface area (Å²) in [7, 11) is 2.07. The lowest BCUT2D eigenvalue weighted by molar-refractivity contribution is 0.220. The smallest absolute Gasteiger partial charge is 0.000702 e. The van der Waals surface area contributed by atoms with Gasteiger partial charge in [-0.3, -0.25) is 0 Å². The maximum absolute atomic E-state index is 4.58. The Morgan fingerprint density at radius 3 is 1.70 bits per heavy atom. The van der Waals surface area contributed by atoms with Crippen LogP contribution in [0.1, 0.15) is 201 Å². The molecule has 0 aliphatic heterocycles. The Hall–Kier alpha value is -0.600. The molecule has 0 radical (unpaired) electrons. The van der Waals surface area contributed by atoms with E-state index in [0.717, 1.165) is 18.4 Å². The first-order chi connectivity index (χ1) is 21.6. The molecule has 0 bridgehead atoms. The van der Waals surface area contributed by atoms with Crippen molar-refractivity contribution in [2.75, 3.05) is 33.2 Å². The third-order valence-corrected chi connectivity index (χ3v) is 9.84. The summed E-state index contributed by atoms with van der Waals surface area (Å²) in [6.07, 6.45) is 40.8. The van der Waals surface area contributed by atoms with Crippen LogP contribution in [0.5, 0.6) is 0 Å². The number of rotatable bonds is 37. The summed E-state index contributed by atoms with van der Waals surface area (Å²) < 4.78 is 0. The Balaban J connectivity index is 4.31. The molecule has 0 aliphatic carbocycles. The van der Waals surface area contributed by atoms with Crippen molar-refractivity contribution in [1.82, 2.24) is 10.2 Å². The van der Waals surface area contributed by atoms with E-state index >= 15 is 0 Å². The Bertz CT molecular complexity index is 568. The average Bonchev–Trinajstić information content (AvgIpc) is 3.01. The monoisotopic (exact) mass is 617 g/mol. The Morgan fingerprint density at radius 1 is 0.636 bits per heavy atom. The molecule has 1 atom stereocenters. The second-order valence-electron chi connectivity index (χ2n) is 14.6. The van der Waals surface area contributed by atoms with Crippen molar-refractivity contribution >= 4 is 0 Å². The van der Waals surface area contributed by atoms with E-state index in [1.54, 1.807) is 5.57 Å². The minimum absolute atomic E-state index is 0.817. The van der Waals surface area contributed by atoms with Gasteiger partial charge in [0.15, 0.2) is 0 Å². The van der Waals surface area contributed by atoms with E-state index in [1.165, 1.54) is 199 Å². The Kier molecular flexibility index (Phi) is 34.8. The van der Waals surface area contributed by atoms with Crippen molar-refractivity contribution in [1.29, 1.82) is 0 Å². The molecule has 0 fully saturated rings. The van der Waals surface area contributed by atoms with Gasteiger partial charge in [-0.05, 0) is 96.3 Å². The number of unbranched alkanes of at least 4 members (excludes halogenated alkanes) is 18. The standard InChI is InChI=1S/C42H84N2/c1-7-10-13-16-20-25-33-42(34-26-21-17-14-11-8-2)38-40(4)31-24-19-18-23-30-37-44(36-29-22-15-12-9-3)39-41(5)32-27-28-35-43-6/h9,41-43H,3-4,7-8,10-39H2,1-2,5-6H3. The minimum Gasteiger partial charge on any atom is -0.320 e. The van der Waals surface area contributed by atoms with Gasteiger partial charge in [0.25, 0.3) is 0 Å². The van der Waals surface area contributed by atoms with Crippen molar-refractivity contribution in [2.45, 2.75) is 201 Å². The third kappa shape index (κ3) is 31.4. The van der Waals surface area contributed by atoms with Crippen molar-refractivity contribution < 1.29 is 0 Å². The lowest BCUT2D eigenvalue weighted by Gasteiger charge is -2.26.